The van der Waals surface area contributed by atoms with E-state index in [1.54, 1.807) is 6.07 Å². The third-order valence-electron chi connectivity index (χ3n) is 7.12. The van der Waals surface area contributed by atoms with Gasteiger partial charge in [-0.25, -0.2) is 9.37 Å². The molecule has 1 aromatic heterocycles. The maximum Gasteiger partial charge on any atom is 0.243 e. The highest BCUT2D eigenvalue weighted by molar-refractivity contribution is 5.76. The van der Waals surface area contributed by atoms with Crippen molar-refractivity contribution >= 4 is 17.5 Å². The minimum atomic E-state index is -0.704. The van der Waals surface area contributed by atoms with Crippen molar-refractivity contribution in [1.29, 1.82) is 0 Å². The van der Waals surface area contributed by atoms with Crippen LogP contribution in [0.3, 0.4) is 0 Å². The van der Waals surface area contributed by atoms with E-state index in [0.717, 1.165) is 47.5 Å². The molecule has 0 aliphatic carbocycles. The van der Waals surface area contributed by atoms with Crippen molar-refractivity contribution in [3.05, 3.63) is 69.7 Å². The van der Waals surface area contributed by atoms with Gasteiger partial charge in [-0.2, -0.15) is 4.98 Å². The summed E-state index contributed by atoms with van der Waals surface area (Å²) in [5.74, 6) is 0.590. The largest absolute Gasteiger partial charge is 0.620 e. The van der Waals surface area contributed by atoms with Crippen molar-refractivity contribution in [1.82, 2.24) is 24.8 Å². The van der Waals surface area contributed by atoms with Crippen molar-refractivity contribution < 1.29 is 4.39 Å². The van der Waals surface area contributed by atoms with Crippen LogP contribution in [-0.2, 0) is 6.54 Å². The van der Waals surface area contributed by atoms with Gasteiger partial charge < -0.3 is 15.4 Å². The molecule has 1 unspecified atom stereocenters. The van der Waals surface area contributed by atoms with Gasteiger partial charge in [-0.15, -0.1) is 0 Å². The Hall–Kier alpha value is -2.91. The quantitative estimate of drug-likeness (QED) is 0.389. The highest BCUT2D eigenvalue weighted by atomic mass is 19.1. The van der Waals surface area contributed by atoms with Crippen molar-refractivity contribution in [3.63, 3.8) is 0 Å². The number of benzene rings is 2. The first kappa shape index (κ1) is 23.8. The summed E-state index contributed by atoms with van der Waals surface area (Å²) < 4.78 is 13.2. The number of anilines is 1. The zero-order chi connectivity index (χ0) is 24.6. The smallest absolute Gasteiger partial charge is 0.243 e. The molecule has 5 rings (SSSR count). The molecule has 3 aromatic rings. The van der Waals surface area contributed by atoms with E-state index in [1.165, 1.54) is 25.0 Å². The predicted octanol–water partition coefficient (Wildman–Crippen LogP) is 4.91. The minimum absolute atomic E-state index is 0.185. The molecule has 2 aliphatic rings. The van der Waals surface area contributed by atoms with Gasteiger partial charge in [0.15, 0.2) is 0 Å². The van der Waals surface area contributed by atoms with E-state index in [4.69, 9.17) is 9.97 Å². The summed E-state index contributed by atoms with van der Waals surface area (Å²) in [5.41, 5.74) is 5.57. The first-order valence-corrected chi connectivity index (χ1v) is 12.4. The number of nitrogens with one attached hydrogen (secondary N) is 2. The fourth-order valence-electron chi connectivity index (χ4n) is 5.43. The van der Waals surface area contributed by atoms with Crippen LogP contribution in [0.15, 0.2) is 36.4 Å². The van der Waals surface area contributed by atoms with Crippen molar-refractivity contribution in [3.8, 4) is 11.3 Å². The topological polar surface area (TPSA) is 76.1 Å². The molecule has 0 radical (unpaired) electrons. The number of fused-ring (bicyclic) bond motifs is 1. The number of likely N-dealkylation sites (tertiary alicyclic amines) is 1. The molecule has 2 N–H and O–H groups in total. The number of aryl methyl sites for hydroxylation is 3. The molecular formula is C27H33FN6O. The molecule has 0 amide bonds. The van der Waals surface area contributed by atoms with Gasteiger partial charge >= 0.3 is 0 Å². The van der Waals surface area contributed by atoms with Gasteiger partial charge in [0.05, 0.1) is 11.3 Å². The molecule has 2 aromatic carbocycles. The third-order valence-corrected chi connectivity index (χ3v) is 7.12. The molecule has 2 aliphatic heterocycles. The van der Waals surface area contributed by atoms with Crippen molar-refractivity contribution in [2.75, 3.05) is 38.2 Å². The standard InChI is InChI=1S/C27H33FN6O/c1-18-7-6-8-19(2)25(18)34(35)17-29-16-23-24(22-10-9-21(28)15-20(22)3)31-27(32-26(23)34)30-11-14-33-12-4-5-13-33/h6-10,15,29H,4-5,11-14,16-17H2,1-3H3,(H,30,31,32). The number of para-hydroxylation sites is 1. The summed E-state index contributed by atoms with van der Waals surface area (Å²) in [5, 5.41) is 21.3. The Morgan fingerprint density at radius 2 is 1.80 bits per heavy atom. The number of hydrogen-bond acceptors (Lipinski definition) is 6. The van der Waals surface area contributed by atoms with Gasteiger partial charge in [0.2, 0.25) is 11.8 Å². The first-order valence-electron chi connectivity index (χ1n) is 12.4. The fourth-order valence-corrected chi connectivity index (χ4v) is 5.43. The summed E-state index contributed by atoms with van der Waals surface area (Å²) >= 11 is 0. The van der Waals surface area contributed by atoms with Crippen molar-refractivity contribution in [2.45, 2.75) is 40.2 Å². The summed E-state index contributed by atoms with van der Waals surface area (Å²) in [6.45, 7) is 10.3. The second-order valence-corrected chi connectivity index (χ2v) is 9.70. The average Bonchev–Trinajstić information content (AvgIpc) is 3.33. The molecule has 0 saturated carbocycles. The van der Waals surface area contributed by atoms with Crippen LogP contribution in [0.1, 0.15) is 35.1 Å². The van der Waals surface area contributed by atoms with E-state index >= 15 is 0 Å². The molecule has 7 nitrogen and oxygen atoms in total. The third kappa shape index (κ3) is 4.54. The molecule has 184 valence electrons. The summed E-state index contributed by atoms with van der Waals surface area (Å²) in [4.78, 5) is 12.1. The van der Waals surface area contributed by atoms with Crippen LogP contribution in [-0.4, -0.2) is 47.7 Å². The Labute approximate surface area is 206 Å². The zero-order valence-electron chi connectivity index (χ0n) is 20.7. The van der Waals surface area contributed by atoms with Gasteiger partial charge in [-0.05, 0) is 70.5 Å². The van der Waals surface area contributed by atoms with Crippen LogP contribution in [0, 0.1) is 31.8 Å². The first-order chi connectivity index (χ1) is 16.9. The average molecular weight is 477 g/mol. The maximum atomic E-state index is 14.6. The van der Waals surface area contributed by atoms with E-state index in [1.807, 2.05) is 39.0 Å². The van der Waals surface area contributed by atoms with E-state index in [2.05, 4.69) is 15.5 Å². The molecule has 0 spiro atoms. The molecule has 8 heteroatoms. The molecule has 1 atom stereocenters. The van der Waals surface area contributed by atoms with Crippen LogP contribution in [0.4, 0.5) is 21.8 Å². The lowest BCUT2D eigenvalue weighted by Gasteiger charge is -2.45. The molecular weight excluding hydrogens is 443 g/mol. The van der Waals surface area contributed by atoms with Gasteiger partial charge in [-0.1, -0.05) is 18.2 Å². The number of halogens is 1. The Morgan fingerprint density at radius 1 is 1.06 bits per heavy atom. The van der Waals surface area contributed by atoms with Crippen molar-refractivity contribution in [2.24, 2.45) is 0 Å². The highest BCUT2D eigenvalue weighted by Crippen LogP contribution is 2.43. The Balaban J connectivity index is 1.63. The second kappa shape index (κ2) is 9.62. The number of quaternary nitrogens is 1. The SMILES string of the molecule is Cc1cc(F)ccc1-c1nc(NCCN2CCCC2)nc2c1CNC[N+]2([O-])c1c(C)cccc1C. The normalized spacial score (nSPS) is 20.1. The molecule has 3 heterocycles. The van der Waals surface area contributed by atoms with Crippen LogP contribution in [0.5, 0.6) is 0 Å². The molecule has 35 heavy (non-hydrogen) atoms. The number of hydrogen-bond donors (Lipinski definition) is 2. The number of nitrogens with zero attached hydrogens (tertiary/aromatic N) is 4. The van der Waals surface area contributed by atoms with Crippen LogP contribution >= 0.6 is 0 Å². The Kier molecular flexibility index (Phi) is 6.55. The van der Waals surface area contributed by atoms with Crippen LogP contribution in [0.2, 0.25) is 0 Å². The summed E-state index contributed by atoms with van der Waals surface area (Å²) in [6.07, 6.45) is 2.48. The van der Waals surface area contributed by atoms with Gasteiger partial charge in [0.1, 0.15) is 18.2 Å². The minimum Gasteiger partial charge on any atom is -0.620 e. The zero-order valence-corrected chi connectivity index (χ0v) is 20.7. The lowest BCUT2D eigenvalue weighted by molar-refractivity contribution is 0.352. The maximum absolute atomic E-state index is 14.6. The van der Waals surface area contributed by atoms with E-state index in [0.29, 0.717) is 36.2 Å². The Bertz CT molecular complexity index is 1220. The second-order valence-electron chi connectivity index (χ2n) is 9.70. The number of hydroxylamine groups is 1. The number of rotatable bonds is 6. The van der Waals surface area contributed by atoms with Crippen LogP contribution < -0.4 is 15.3 Å². The molecule has 1 saturated heterocycles. The molecule has 0 bridgehead atoms. The fraction of sp³-hybridized carbons (Fsp3) is 0.407. The predicted molar refractivity (Wildman–Crippen MR) is 139 cm³/mol. The number of aromatic nitrogens is 2. The summed E-state index contributed by atoms with van der Waals surface area (Å²) in [6, 6.07) is 10.6. The van der Waals surface area contributed by atoms with Gasteiger partial charge in [0, 0.05) is 36.3 Å². The van der Waals surface area contributed by atoms with E-state index in [-0.39, 0.29) is 12.5 Å². The van der Waals surface area contributed by atoms with Crippen LogP contribution in [0.25, 0.3) is 11.3 Å². The summed E-state index contributed by atoms with van der Waals surface area (Å²) in [7, 11) is 0. The van der Waals surface area contributed by atoms with Gasteiger partial charge in [0.25, 0.3) is 0 Å². The van der Waals surface area contributed by atoms with Gasteiger partial charge in [-0.3, -0.25) is 9.96 Å². The Morgan fingerprint density at radius 3 is 2.51 bits per heavy atom. The lowest BCUT2D eigenvalue weighted by atomic mass is 9.99. The highest BCUT2D eigenvalue weighted by Gasteiger charge is 2.37. The lowest BCUT2D eigenvalue weighted by Crippen LogP contribution is -2.50. The van der Waals surface area contributed by atoms with E-state index < -0.39 is 4.65 Å². The molecule has 1 fully saturated rings. The van der Waals surface area contributed by atoms with E-state index in [9.17, 15) is 9.60 Å². The monoisotopic (exact) mass is 476 g/mol.